The van der Waals surface area contributed by atoms with Crippen LogP contribution in [-0.4, -0.2) is 37.6 Å². The van der Waals surface area contributed by atoms with Crippen molar-refractivity contribution in [2.75, 3.05) is 25.6 Å². The second-order valence-electron chi connectivity index (χ2n) is 4.54. The molecule has 1 atom stereocenters. The van der Waals surface area contributed by atoms with Crippen LogP contribution < -0.4 is 16.4 Å². The van der Waals surface area contributed by atoms with E-state index in [2.05, 4.69) is 10.6 Å². The quantitative estimate of drug-likeness (QED) is 0.721. The highest BCUT2D eigenvalue weighted by atomic mass is 16.5. The van der Waals surface area contributed by atoms with E-state index in [0.29, 0.717) is 24.3 Å². The first-order chi connectivity index (χ1) is 9.07. The SMILES string of the molecule is CNC(=O)c1ccccc1NC(=O)C1(N)CCOC1. The fourth-order valence-corrected chi connectivity index (χ4v) is 1.93. The number of carbonyl (C=O) groups is 2. The normalized spacial score (nSPS) is 22.0. The summed E-state index contributed by atoms with van der Waals surface area (Å²) >= 11 is 0. The summed E-state index contributed by atoms with van der Waals surface area (Å²) in [6, 6.07) is 6.79. The van der Waals surface area contributed by atoms with Crippen molar-refractivity contribution >= 4 is 17.5 Å². The molecule has 1 unspecified atom stereocenters. The van der Waals surface area contributed by atoms with Crippen molar-refractivity contribution in [1.82, 2.24) is 5.32 Å². The number of anilines is 1. The molecule has 1 aliphatic rings. The average molecular weight is 263 g/mol. The van der Waals surface area contributed by atoms with E-state index in [1.165, 1.54) is 7.05 Å². The monoisotopic (exact) mass is 263 g/mol. The zero-order valence-electron chi connectivity index (χ0n) is 10.7. The topological polar surface area (TPSA) is 93.5 Å². The van der Waals surface area contributed by atoms with Gasteiger partial charge < -0.3 is 21.1 Å². The number of nitrogens with one attached hydrogen (secondary N) is 2. The Balaban J connectivity index is 2.19. The van der Waals surface area contributed by atoms with Crippen molar-refractivity contribution < 1.29 is 14.3 Å². The Bertz CT molecular complexity index is 496. The summed E-state index contributed by atoms with van der Waals surface area (Å²) in [5.74, 6) is -0.592. The molecule has 0 aromatic heterocycles. The summed E-state index contributed by atoms with van der Waals surface area (Å²) in [7, 11) is 1.54. The molecular weight excluding hydrogens is 246 g/mol. The molecule has 102 valence electrons. The van der Waals surface area contributed by atoms with E-state index >= 15 is 0 Å². The number of ether oxygens (including phenoxy) is 1. The van der Waals surface area contributed by atoms with Crippen molar-refractivity contribution in [3.63, 3.8) is 0 Å². The van der Waals surface area contributed by atoms with E-state index in [1.807, 2.05) is 0 Å². The van der Waals surface area contributed by atoms with Crippen LogP contribution in [0.3, 0.4) is 0 Å². The fraction of sp³-hybridized carbons (Fsp3) is 0.385. The number of hydrogen-bond donors (Lipinski definition) is 3. The van der Waals surface area contributed by atoms with Gasteiger partial charge in [-0.25, -0.2) is 0 Å². The molecule has 0 spiro atoms. The van der Waals surface area contributed by atoms with Crippen LogP contribution in [0.5, 0.6) is 0 Å². The third kappa shape index (κ3) is 2.74. The lowest BCUT2D eigenvalue weighted by atomic mass is 9.99. The van der Waals surface area contributed by atoms with Crippen molar-refractivity contribution in [3.8, 4) is 0 Å². The van der Waals surface area contributed by atoms with Gasteiger partial charge >= 0.3 is 0 Å². The number of hydrogen-bond acceptors (Lipinski definition) is 4. The summed E-state index contributed by atoms with van der Waals surface area (Å²) in [5.41, 5.74) is 5.80. The molecule has 1 aromatic carbocycles. The van der Waals surface area contributed by atoms with Crippen molar-refractivity contribution in [1.29, 1.82) is 0 Å². The first kappa shape index (κ1) is 13.5. The molecular formula is C13H17N3O3. The highest BCUT2D eigenvalue weighted by Gasteiger charge is 2.38. The maximum Gasteiger partial charge on any atom is 0.253 e. The number of carbonyl (C=O) groups excluding carboxylic acids is 2. The first-order valence-corrected chi connectivity index (χ1v) is 6.06. The van der Waals surface area contributed by atoms with E-state index in [0.717, 1.165) is 0 Å². The van der Waals surface area contributed by atoms with Gasteiger partial charge in [0.1, 0.15) is 5.54 Å². The van der Waals surface area contributed by atoms with Crippen LogP contribution in [0.1, 0.15) is 16.8 Å². The van der Waals surface area contributed by atoms with Crippen LogP contribution in [0.4, 0.5) is 5.69 Å². The van der Waals surface area contributed by atoms with Crippen LogP contribution in [-0.2, 0) is 9.53 Å². The molecule has 2 amide bonds. The second kappa shape index (κ2) is 5.38. The Morgan fingerprint density at radius 2 is 2.11 bits per heavy atom. The molecule has 6 nitrogen and oxygen atoms in total. The maximum absolute atomic E-state index is 12.2. The minimum atomic E-state index is -1.02. The van der Waals surface area contributed by atoms with Gasteiger partial charge in [0, 0.05) is 13.7 Å². The average Bonchev–Trinajstić information content (AvgIpc) is 2.87. The zero-order chi connectivity index (χ0) is 13.9. The van der Waals surface area contributed by atoms with E-state index < -0.39 is 5.54 Å². The predicted molar refractivity (Wildman–Crippen MR) is 70.8 cm³/mol. The standard InChI is InChI=1S/C13H17N3O3/c1-15-11(17)9-4-2-3-5-10(9)16-12(18)13(14)6-7-19-8-13/h2-5H,6-8,14H2,1H3,(H,15,17)(H,16,18). The van der Waals surface area contributed by atoms with Gasteiger partial charge in [0.15, 0.2) is 0 Å². The smallest absolute Gasteiger partial charge is 0.253 e. The molecule has 0 aliphatic carbocycles. The number of para-hydroxylation sites is 1. The number of amides is 2. The summed E-state index contributed by atoms with van der Waals surface area (Å²) in [4.78, 5) is 23.9. The van der Waals surface area contributed by atoms with Gasteiger partial charge in [-0.15, -0.1) is 0 Å². The van der Waals surface area contributed by atoms with Gasteiger partial charge in [0.2, 0.25) is 5.91 Å². The molecule has 6 heteroatoms. The fourth-order valence-electron chi connectivity index (χ4n) is 1.93. The molecule has 0 bridgehead atoms. The third-order valence-electron chi connectivity index (χ3n) is 3.15. The highest BCUT2D eigenvalue weighted by molar-refractivity contribution is 6.05. The Hall–Kier alpha value is -1.92. The molecule has 1 heterocycles. The van der Waals surface area contributed by atoms with Crippen molar-refractivity contribution in [3.05, 3.63) is 29.8 Å². The highest BCUT2D eigenvalue weighted by Crippen LogP contribution is 2.20. The Morgan fingerprint density at radius 3 is 2.74 bits per heavy atom. The summed E-state index contributed by atoms with van der Waals surface area (Å²) in [6.45, 7) is 0.669. The van der Waals surface area contributed by atoms with E-state index in [4.69, 9.17) is 10.5 Å². The summed E-state index contributed by atoms with van der Waals surface area (Å²) < 4.78 is 5.15. The molecule has 19 heavy (non-hydrogen) atoms. The van der Waals surface area contributed by atoms with Crippen molar-refractivity contribution in [2.45, 2.75) is 12.0 Å². The Labute approximate surface area is 111 Å². The number of nitrogens with two attached hydrogens (primary N) is 1. The lowest BCUT2D eigenvalue weighted by Crippen LogP contribution is -2.51. The second-order valence-corrected chi connectivity index (χ2v) is 4.54. The van der Waals surface area contributed by atoms with Crippen LogP contribution >= 0.6 is 0 Å². The molecule has 2 rings (SSSR count). The lowest BCUT2D eigenvalue weighted by Gasteiger charge is -2.21. The Kier molecular flexibility index (Phi) is 3.82. The maximum atomic E-state index is 12.2. The van der Waals surface area contributed by atoms with Gasteiger partial charge in [-0.3, -0.25) is 9.59 Å². The molecule has 0 saturated carbocycles. The van der Waals surface area contributed by atoms with Gasteiger partial charge in [-0.2, -0.15) is 0 Å². The summed E-state index contributed by atoms with van der Waals surface area (Å²) in [6.07, 6.45) is 0.473. The van der Waals surface area contributed by atoms with Gasteiger partial charge in [-0.1, -0.05) is 12.1 Å². The molecule has 1 fully saturated rings. The minimum Gasteiger partial charge on any atom is -0.379 e. The van der Waals surface area contributed by atoms with Gasteiger partial charge in [-0.05, 0) is 18.6 Å². The zero-order valence-corrected chi connectivity index (χ0v) is 10.7. The largest absolute Gasteiger partial charge is 0.379 e. The van der Waals surface area contributed by atoms with Crippen LogP contribution in [0, 0.1) is 0 Å². The molecule has 0 radical (unpaired) electrons. The van der Waals surface area contributed by atoms with E-state index in [1.54, 1.807) is 24.3 Å². The minimum absolute atomic E-state index is 0.195. The third-order valence-corrected chi connectivity index (χ3v) is 3.15. The molecule has 1 aliphatic heterocycles. The van der Waals surface area contributed by atoms with Gasteiger partial charge in [0.05, 0.1) is 17.9 Å². The summed E-state index contributed by atoms with van der Waals surface area (Å²) in [5, 5.41) is 5.23. The van der Waals surface area contributed by atoms with Crippen LogP contribution in [0.25, 0.3) is 0 Å². The van der Waals surface area contributed by atoms with E-state index in [-0.39, 0.29) is 18.4 Å². The van der Waals surface area contributed by atoms with Gasteiger partial charge in [0.25, 0.3) is 5.91 Å². The number of benzene rings is 1. The molecule has 1 saturated heterocycles. The van der Waals surface area contributed by atoms with Crippen LogP contribution in [0.15, 0.2) is 24.3 Å². The first-order valence-electron chi connectivity index (χ1n) is 6.06. The molecule has 1 aromatic rings. The Morgan fingerprint density at radius 1 is 1.37 bits per heavy atom. The van der Waals surface area contributed by atoms with Crippen molar-refractivity contribution in [2.24, 2.45) is 5.73 Å². The van der Waals surface area contributed by atoms with E-state index in [9.17, 15) is 9.59 Å². The lowest BCUT2D eigenvalue weighted by molar-refractivity contribution is -0.121. The van der Waals surface area contributed by atoms with Crippen LogP contribution in [0.2, 0.25) is 0 Å². The predicted octanol–water partition coefficient (Wildman–Crippen LogP) is 0.102. The number of rotatable bonds is 3. The molecule has 4 N–H and O–H groups in total.